The van der Waals surface area contributed by atoms with E-state index in [0.29, 0.717) is 25.6 Å². The molecule has 1 unspecified atom stereocenters. The summed E-state index contributed by atoms with van der Waals surface area (Å²) >= 11 is 0. The van der Waals surface area contributed by atoms with Crippen LogP contribution in [-0.2, 0) is 14.3 Å². The summed E-state index contributed by atoms with van der Waals surface area (Å²) in [5.41, 5.74) is 0. The van der Waals surface area contributed by atoms with Crippen molar-refractivity contribution >= 4 is 35.8 Å². The number of hydrogen-bond donors (Lipinski definition) is 2. The maximum absolute atomic E-state index is 11.9. The lowest BCUT2D eigenvalue weighted by molar-refractivity contribution is -0.122. The van der Waals surface area contributed by atoms with Gasteiger partial charge in [-0.15, -0.1) is 24.0 Å². The highest BCUT2D eigenvalue weighted by Gasteiger charge is 2.21. The quantitative estimate of drug-likeness (QED) is 0.182. The first kappa shape index (κ1) is 26.3. The minimum absolute atomic E-state index is 0. The average molecular weight is 526 g/mol. The zero-order valence-corrected chi connectivity index (χ0v) is 20.5. The lowest BCUT2D eigenvalue weighted by Crippen LogP contribution is -2.54. The number of aliphatic imine (C=N–C) groups is 1. The number of ether oxygens (including phenoxy) is 2. The van der Waals surface area contributed by atoms with Gasteiger partial charge in [-0.1, -0.05) is 6.92 Å². The molecule has 2 aliphatic rings. The van der Waals surface area contributed by atoms with Crippen LogP contribution in [0.5, 0.6) is 0 Å². The van der Waals surface area contributed by atoms with Crippen molar-refractivity contribution in [1.29, 1.82) is 0 Å². The van der Waals surface area contributed by atoms with Gasteiger partial charge in [-0.05, 0) is 5.92 Å². The number of nitrogens with zero attached hydrogens (tertiary/aromatic N) is 4. The number of hydrogen-bond acceptors (Lipinski definition) is 6. The third kappa shape index (κ3) is 10.3. The van der Waals surface area contributed by atoms with Crippen LogP contribution in [0.25, 0.3) is 0 Å². The number of rotatable bonds is 9. The molecule has 0 aliphatic carbocycles. The first-order valence-electron chi connectivity index (χ1n) is 10.4. The van der Waals surface area contributed by atoms with Crippen molar-refractivity contribution in [2.24, 2.45) is 10.9 Å². The Morgan fingerprint density at radius 2 is 1.79 bits per heavy atom. The predicted molar refractivity (Wildman–Crippen MR) is 126 cm³/mol. The van der Waals surface area contributed by atoms with E-state index in [4.69, 9.17) is 9.47 Å². The van der Waals surface area contributed by atoms with Gasteiger partial charge in [0.1, 0.15) is 0 Å². The molecule has 2 heterocycles. The molecule has 29 heavy (non-hydrogen) atoms. The van der Waals surface area contributed by atoms with Gasteiger partial charge in [0.25, 0.3) is 0 Å². The minimum Gasteiger partial charge on any atom is -0.383 e. The number of carbonyl (C=O) groups excluding carboxylic acids is 1. The van der Waals surface area contributed by atoms with Crippen LogP contribution in [0.2, 0.25) is 0 Å². The molecule has 10 heteroatoms. The Kier molecular flexibility index (Phi) is 13.8. The Morgan fingerprint density at radius 3 is 2.41 bits per heavy atom. The lowest BCUT2D eigenvalue weighted by atomic mass is 10.1. The first-order chi connectivity index (χ1) is 13.6. The second-order valence-corrected chi connectivity index (χ2v) is 7.55. The largest absolute Gasteiger partial charge is 0.383 e. The summed E-state index contributed by atoms with van der Waals surface area (Å²) in [6.07, 6.45) is 0. The number of morpholine rings is 1. The molecule has 0 spiro atoms. The zero-order valence-electron chi connectivity index (χ0n) is 18.2. The van der Waals surface area contributed by atoms with Gasteiger partial charge in [0.2, 0.25) is 5.91 Å². The average Bonchev–Trinajstić information content (AvgIpc) is 2.70. The van der Waals surface area contributed by atoms with Crippen LogP contribution in [0.15, 0.2) is 4.99 Å². The monoisotopic (exact) mass is 526 g/mol. The van der Waals surface area contributed by atoms with Crippen molar-refractivity contribution < 1.29 is 14.3 Å². The van der Waals surface area contributed by atoms with Gasteiger partial charge in [0, 0.05) is 73.1 Å². The van der Waals surface area contributed by atoms with Crippen LogP contribution < -0.4 is 10.6 Å². The number of halogens is 1. The van der Waals surface area contributed by atoms with Gasteiger partial charge in [-0.3, -0.25) is 19.6 Å². The van der Waals surface area contributed by atoms with Crippen molar-refractivity contribution in [3.05, 3.63) is 0 Å². The van der Waals surface area contributed by atoms with Gasteiger partial charge < -0.3 is 25.0 Å². The molecule has 170 valence electrons. The van der Waals surface area contributed by atoms with Crippen LogP contribution in [0.1, 0.15) is 6.92 Å². The summed E-state index contributed by atoms with van der Waals surface area (Å²) in [6, 6.07) is 0. The lowest BCUT2D eigenvalue weighted by Gasteiger charge is -2.36. The molecule has 0 aromatic carbocycles. The number of guanidine groups is 1. The number of methoxy groups -OCH3 is 1. The molecule has 0 radical (unpaired) electrons. The first-order valence-corrected chi connectivity index (χ1v) is 10.4. The molecule has 2 rings (SSSR count). The molecule has 1 amide bonds. The van der Waals surface area contributed by atoms with Gasteiger partial charge in [-0.25, -0.2) is 0 Å². The molecule has 0 bridgehead atoms. The van der Waals surface area contributed by atoms with Crippen LogP contribution in [-0.4, -0.2) is 126 Å². The fourth-order valence-electron chi connectivity index (χ4n) is 3.56. The Morgan fingerprint density at radius 1 is 1.10 bits per heavy atom. The topological polar surface area (TPSA) is 81.7 Å². The van der Waals surface area contributed by atoms with E-state index in [1.807, 2.05) is 7.05 Å². The molecule has 0 aromatic rings. The molecule has 0 saturated carbocycles. The molecular weight excluding hydrogens is 487 g/mol. The summed E-state index contributed by atoms with van der Waals surface area (Å²) in [7, 11) is 3.47. The number of piperazine rings is 1. The Bertz CT molecular complexity index is 483. The van der Waals surface area contributed by atoms with Crippen LogP contribution in [0.3, 0.4) is 0 Å². The SMILES string of the molecule is CN=C(NCC(C)CN1CCOCC1)N1CCN(CC(=O)NCCOC)CC1.I. The molecule has 2 aliphatic heterocycles. The van der Waals surface area contributed by atoms with E-state index in [2.05, 4.69) is 37.2 Å². The number of nitrogens with one attached hydrogen (secondary N) is 2. The van der Waals surface area contributed by atoms with E-state index in [9.17, 15) is 4.79 Å². The molecule has 2 N–H and O–H groups in total. The number of amides is 1. The van der Waals surface area contributed by atoms with Crippen molar-refractivity contribution in [2.45, 2.75) is 6.92 Å². The van der Waals surface area contributed by atoms with Gasteiger partial charge in [0.05, 0.1) is 26.4 Å². The molecule has 0 aromatic heterocycles. The highest BCUT2D eigenvalue weighted by Crippen LogP contribution is 2.05. The van der Waals surface area contributed by atoms with Crippen LogP contribution in [0, 0.1) is 5.92 Å². The summed E-state index contributed by atoms with van der Waals surface area (Å²) in [6.45, 7) is 13.0. The van der Waals surface area contributed by atoms with E-state index in [1.54, 1.807) is 7.11 Å². The standard InChI is InChI=1S/C19H38N6O3.HI/c1-17(15-24-9-12-28-13-10-24)14-22-19(20-2)25-7-5-23(6-8-25)16-18(26)21-4-11-27-3;/h17H,4-16H2,1-3H3,(H,20,22)(H,21,26);1H. The van der Waals surface area contributed by atoms with Gasteiger partial charge >= 0.3 is 0 Å². The fourth-order valence-corrected chi connectivity index (χ4v) is 3.56. The smallest absolute Gasteiger partial charge is 0.234 e. The van der Waals surface area contributed by atoms with Crippen LogP contribution in [0.4, 0.5) is 0 Å². The molecule has 9 nitrogen and oxygen atoms in total. The van der Waals surface area contributed by atoms with Crippen molar-refractivity contribution in [3.63, 3.8) is 0 Å². The van der Waals surface area contributed by atoms with Crippen molar-refractivity contribution in [2.75, 3.05) is 99.4 Å². The number of carbonyl (C=O) groups is 1. The molecule has 2 fully saturated rings. The van der Waals surface area contributed by atoms with Crippen molar-refractivity contribution in [3.8, 4) is 0 Å². The highest BCUT2D eigenvalue weighted by molar-refractivity contribution is 14.0. The zero-order chi connectivity index (χ0) is 20.2. The fraction of sp³-hybridized carbons (Fsp3) is 0.895. The highest BCUT2D eigenvalue weighted by atomic mass is 127. The van der Waals surface area contributed by atoms with E-state index in [0.717, 1.165) is 71.5 Å². The molecule has 2 saturated heterocycles. The summed E-state index contributed by atoms with van der Waals surface area (Å²) < 4.78 is 10.4. The second-order valence-electron chi connectivity index (χ2n) is 7.55. The minimum atomic E-state index is 0. The van der Waals surface area contributed by atoms with E-state index in [-0.39, 0.29) is 29.9 Å². The van der Waals surface area contributed by atoms with Gasteiger partial charge in [0.15, 0.2) is 5.96 Å². The summed E-state index contributed by atoms with van der Waals surface area (Å²) in [5.74, 6) is 1.56. The third-order valence-electron chi connectivity index (χ3n) is 5.16. The van der Waals surface area contributed by atoms with Crippen LogP contribution >= 0.6 is 24.0 Å². The summed E-state index contributed by atoms with van der Waals surface area (Å²) in [5, 5.41) is 6.40. The van der Waals surface area contributed by atoms with E-state index in [1.165, 1.54) is 0 Å². The third-order valence-corrected chi connectivity index (χ3v) is 5.16. The maximum Gasteiger partial charge on any atom is 0.234 e. The van der Waals surface area contributed by atoms with Crippen molar-refractivity contribution in [1.82, 2.24) is 25.3 Å². The van der Waals surface area contributed by atoms with Gasteiger partial charge in [-0.2, -0.15) is 0 Å². The molecular formula is C19H39IN6O3. The predicted octanol–water partition coefficient (Wildman–Crippen LogP) is -0.472. The second kappa shape index (κ2) is 15.2. The van der Waals surface area contributed by atoms with E-state index >= 15 is 0 Å². The van der Waals surface area contributed by atoms with E-state index < -0.39 is 0 Å². The molecule has 1 atom stereocenters. The Hall–Kier alpha value is -0.690. The summed E-state index contributed by atoms with van der Waals surface area (Å²) in [4.78, 5) is 23.3. The Labute approximate surface area is 192 Å². The normalized spacial score (nSPS) is 20.1. The maximum atomic E-state index is 11.9. The Balaban J connectivity index is 0.00000420.